The molecule has 140 valence electrons. The largest absolute Gasteiger partial charge is 0.399 e. The van der Waals surface area contributed by atoms with Gasteiger partial charge in [-0.15, -0.1) is 0 Å². The van der Waals surface area contributed by atoms with Gasteiger partial charge in [0.05, 0.1) is 23.4 Å². The number of fused-ring (bicyclic) bond motifs is 1. The Labute approximate surface area is 169 Å². The van der Waals surface area contributed by atoms with E-state index in [1.165, 1.54) is 0 Å². The maximum Gasteiger partial charge on any atom is 0.191 e. The van der Waals surface area contributed by atoms with Crippen LogP contribution in [0.5, 0.6) is 0 Å². The van der Waals surface area contributed by atoms with Gasteiger partial charge < -0.3 is 10.6 Å². The first kappa shape index (κ1) is 18.3. The Morgan fingerprint density at radius 3 is 2.45 bits per heavy atom. The number of nitrogens with zero attached hydrogens (tertiary/aromatic N) is 5. The van der Waals surface area contributed by atoms with E-state index in [1.807, 2.05) is 42.5 Å². The molecule has 2 aromatic rings. The van der Waals surface area contributed by atoms with E-state index in [-0.39, 0.29) is 17.2 Å². The first-order valence-corrected chi connectivity index (χ1v) is 9.29. The zero-order chi connectivity index (χ0) is 20.4. The maximum absolute atomic E-state index is 10.1. The van der Waals surface area contributed by atoms with Gasteiger partial charge in [-0.1, -0.05) is 30.3 Å². The summed E-state index contributed by atoms with van der Waals surface area (Å²) in [4.78, 5) is 6.39. The van der Waals surface area contributed by atoms with Crippen LogP contribution in [0.25, 0.3) is 0 Å². The molecule has 1 aliphatic carbocycles. The molecule has 0 fully saturated rings. The van der Waals surface area contributed by atoms with Crippen LogP contribution in [0.2, 0.25) is 0 Å². The third kappa shape index (κ3) is 2.73. The number of rotatable bonds is 2. The van der Waals surface area contributed by atoms with Gasteiger partial charge in [0.15, 0.2) is 5.41 Å². The minimum Gasteiger partial charge on any atom is -0.399 e. The van der Waals surface area contributed by atoms with Crippen LogP contribution in [0.15, 0.2) is 77.8 Å². The Kier molecular flexibility index (Phi) is 4.51. The normalized spacial score (nSPS) is 22.5. The van der Waals surface area contributed by atoms with E-state index in [0.29, 0.717) is 13.1 Å². The SMILES string of the molecule is N#CC1=C(N)C(C#N)(C#N)[C@@H](c2cccnc2)[C@@H]2CN(c3ccccc3)CC=C12. The molecule has 6 heteroatoms. The van der Waals surface area contributed by atoms with Gasteiger partial charge in [-0.05, 0) is 29.3 Å². The van der Waals surface area contributed by atoms with Crippen LogP contribution in [-0.2, 0) is 0 Å². The lowest BCUT2D eigenvalue weighted by Crippen LogP contribution is -2.48. The second-order valence-electron chi connectivity index (χ2n) is 7.20. The average molecular weight is 378 g/mol. The van der Waals surface area contributed by atoms with Gasteiger partial charge in [-0.3, -0.25) is 4.98 Å². The zero-order valence-electron chi connectivity index (χ0n) is 15.7. The molecule has 4 rings (SSSR count). The number of para-hydroxylation sites is 1. The van der Waals surface area contributed by atoms with E-state index in [4.69, 9.17) is 5.73 Å². The van der Waals surface area contributed by atoms with Gasteiger partial charge in [0.2, 0.25) is 0 Å². The van der Waals surface area contributed by atoms with Crippen LogP contribution in [0.4, 0.5) is 5.69 Å². The van der Waals surface area contributed by atoms with Crippen molar-refractivity contribution in [3.8, 4) is 18.2 Å². The summed E-state index contributed by atoms with van der Waals surface area (Å²) in [5, 5.41) is 30.0. The van der Waals surface area contributed by atoms with E-state index in [2.05, 4.69) is 28.1 Å². The number of anilines is 1. The van der Waals surface area contributed by atoms with E-state index < -0.39 is 11.3 Å². The molecule has 6 nitrogen and oxygen atoms in total. The number of hydrogen-bond donors (Lipinski definition) is 1. The van der Waals surface area contributed by atoms with Crippen molar-refractivity contribution in [3.05, 3.63) is 83.3 Å². The van der Waals surface area contributed by atoms with E-state index in [0.717, 1.165) is 16.8 Å². The maximum atomic E-state index is 10.1. The molecule has 1 aromatic carbocycles. The lowest BCUT2D eigenvalue weighted by Gasteiger charge is -2.46. The summed E-state index contributed by atoms with van der Waals surface area (Å²) in [6.07, 6.45) is 5.33. The summed E-state index contributed by atoms with van der Waals surface area (Å²) in [5.74, 6) is -0.768. The molecule has 0 saturated carbocycles. The lowest BCUT2D eigenvalue weighted by molar-refractivity contribution is 0.340. The third-order valence-corrected chi connectivity index (χ3v) is 5.83. The Morgan fingerprint density at radius 1 is 1.07 bits per heavy atom. The van der Waals surface area contributed by atoms with Crippen LogP contribution in [-0.4, -0.2) is 18.1 Å². The van der Waals surface area contributed by atoms with Crippen molar-refractivity contribution in [2.75, 3.05) is 18.0 Å². The highest BCUT2D eigenvalue weighted by atomic mass is 15.1. The molecular weight excluding hydrogens is 360 g/mol. The molecule has 0 saturated heterocycles. The second-order valence-corrected chi connectivity index (χ2v) is 7.20. The number of aromatic nitrogens is 1. The molecule has 2 N–H and O–H groups in total. The quantitative estimate of drug-likeness (QED) is 0.859. The van der Waals surface area contributed by atoms with Gasteiger partial charge in [0.1, 0.15) is 6.07 Å². The zero-order valence-corrected chi connectivity index (χ0v) is 15.7. The van der Waals surface area contributed by atoms with Crippen LogP contribution >= 0.6 is 0 Å². The highest BCUT2D eigenvalue weighted by molar-refractivity contribution is 5.61. The number of benzene rings is 1. The molecule has 0 spiro atoms. The summed E-state index contributed by atoms with van der Waals surface area (Å²) < 4.78 is 0. The predicted octanol–water partition coefficient (Wildman–Crippen LogP) is 3.01. The Hall–Kier alpha value is -4.08. The number of allylic oxidation sites excluding steroid dienone is 2. The van der Waals surface area contributed by atoms with E-state index >= 15 is 0 Å². The van der Waals surface area contributed by atoms with Crippen LogP contribution in [0.1, 0.15) is 11.5 Å². The van der Waals surface area contributed by atoms with Crippen molar-refractivity contribution in [1.82, 2.24) is 4.98 Å². The summed E-state index contributed by atoms with van der Waals surface area (Å²) in [6, 6.07) is 20.1. The van der Waals surface area contributed by atoms with Crippen molar-refractivity contribution < 1.29 is 0 Å². The molecular formula is C23H18N6. The Balaban J connectivity index is 1.93. The highest BCUT2D eigenvalue weighted by Gasteiger charge is 2.54. The Morgan fingerprint density at radius 2 is 1.83 bits per heavy atom. The van der Waals surface area contributed by atoms with Crippen molar-refractivity contribution in [3.63, 3.8) is 0 Å². The fraction of sp³-hybridized carbons (Fsp3) is 0.217. The van der Waals surface area contributed by atoms with Gasteiger partial charge in [0.25, 0.3) is 0 Å². The molecule has 0 unspecified atom stereocenters. The molecule has 0 amide bonds. The number of nitrogens with two attached hydrogens (primary N) is 1. The minimum absolute atomic E-state index is 0.0366. The number of pyridine rings is 1. The fourth-order valence-electron chi connectivity index (χ4n) is 4.47. The third-order valence-electron chi connectivity index (χ3n) is 5.83. The van der Waals surface area contributed by atoms with Crippen molar-refractivity contribution >= 4 is 5.69 Å². The van der Waals surface area contributed by atoms with Gasteiger partial charge in [0, 0.05) is 43.0 Å². The highest BCUT2D eigenvalue weighted by Crippen LogP contribution is 2.54. The molecule has 0 bridgehead atoms. The Bertz CT molecular complexity index is 1100. The molecule has 2 aliphatic rings. The topological polar surface area (TPSA) is 114 Å². The average Bonchev–Trinajstić information content (AvgIpc) is 2.79. The minimum atomic E-state index is -1.63. The molecule has 2 atom stereocenters. The van der Waals surface area contributed by atoms with Crippen molar-refractivity contribution in [1.29, 1.82) is 15.8 Å². The van der Waals surface area contributed by atoms with Gasteiger partial charge >= 0.3 is 0 Å². The molecule has 0 radical (unpaired) electrons. The van der Waals surface area contributed by atoms with Crippen molar-refractivity contribution in [2.45, 2.75) is 5.92 Å². The van der Waals surface area contributed by atoms with Crippen LogP contribution < -0.4 is 10.6 Å². The molecule has 29 heavy (non-hydrogen) atoms. The predicted molar refractivity (Wildman–Crippen MR) is 108 cm³/mol. The van der Waals surface area contributed by atoms with E-state index in [1.54, 1.807) is 18.5 Å². The summed E-state index contributed by atoms with van der Waals surface area (Å²) in [6.45, 7) is 1.19. The van der Waals surface area contributed by atoms with Crippen LogP contribution in [0.3, 0.4) is 0 Å². The van der Waals surface area contributed by atoms with Gasteiger partial charge in [-0.25, -0.2) is 0 Å². The molecule has 1 aliphatic heterocycles. The van der Waals surface area contributed by atoms with Crippen LogP contribution in [0, 0.1) is 45.3 Å². The van der Waals surface area contributed by atoms with Crippen molar-refractivity contribution in [2.24, 2.45) is 17.1 Å². The number of nitriles is 3. The first-order valence-electron chi connectivity index (χ1n) is 9.29. The molecule has 2 heterocycles. The standard InChI is InChI=1S/C23H18N6/c24-11-19-18-8-10-29(17-6-2-1-3-7-17)13-20(18)21(16-5-4-9-28-12-16)23(14-25,15-26)22(19)27/h1-9,12,20-21H,10,13,27H2/t20-,21+/m1/s1. The number of hydrogen-bond acceptors (Lipinski definition) is 6. The van der Waals surface area contributed by atoms with E-state index in [9.17, 15) is 15.8 Å². The summed E-state index contributed by atoms with van der Waals surface area (Å²) >= 11 is 0. The lowest BCUT2D eigenvalue weighted by atomic mass is 9.58. The second kappa shape index (κ2) is 7.15. The monoisotopic (exact) mass is 378 g/mol. The summed E-state index contributed by atoms with van der Waals surface area (Å²) in [5.41, 5.74) is 7.60. The van der Waals surface area contributed by atoms with Gasteiger partial charge in [-0.2, -0.15) is 15.8 Å². The smallest absolute Gasteiger partial charge is 0.191 e. The fourth-order valence-corrected chi connectivity index (χ4v) is 4.47. The summed E-state index contributed by atoms with van der Waals surface area (Å²) in [7, 11) is 0. The first-order chi connectivity index (χ1) is 14.2. The molecule has 1 aromatic heterocycles.